The molecule has 8 heteroatoms. The molecule has 0 unspecified atom stereocenters. The normalized spacial score (nSPS) is 10.2. The molecule has 2 N–H and O–H groups in total. The number of aromatic amines is 1. The summed E-state index contributed by atoms with van der Waals surface area (Å²) in [5.41, 5.74) is 0.540. The maximum Gasteiger partial charge on any atom is 0.234 e. The Kier molecular flexibility index (Phi) is 4.64. The van der Waals surface area contributed by atoms with Crippen molar-refractivity contribution in [1.82, 2.24) is 15.2 Å². The largest absolute Gasteiger partial charge is 0.495 e. The Morgan fingerprint density at radius 2 is 2.42 bits per heavy atom. The average Bonchev–Trinajstić information content (AvgIpc) is 2.90. The molecular weight excluding hydrogens is 288 g/mol. The van der Waals surface area contributed by atoms with Gasteiger partial charge in [-0.05, 0) is 18.2 Å². The van der Waals surface area contributed by atoms with Crippen molar-refractivity contribution >= 4 is 35.0 Å². The maximum atomic E-state index is 11.8. The molecule has 1 aromatic carbocycles. The van der Waals surface area contributed by atoms with Crippen molar-refractivity contribution in [3.8, 4) is 5.75 Å². The molecule has 19 heavy (non-hydrogen) atoms. The van der Waals surface area contributed by atoms with E-state index in [1.807, 2.05) is 0 Å². The fraction of sp³-hybridized carbons (Fsp3) is 0.182. The second-order valence-electron chi connectivity index (χ2n) is 3.47. The number of thioether (sulfide) groups is 1. The molecule has 0 fully saturated rings. The van der Waals surface area contributed by atoms with E-state index in [0.29, 0.717) is 21.6 Å². The lowest BCUT2D eigenvalue weighted by atomic mass is 10.3. The molecule has 0 aliphatic rings. The number of ether oxygens (including phenoxy) is 1. The van der Waals surface area contributed by atoms with Gasteiger partial charge in [-0.3, -0.25) is 9.89 Å². The number of carbonyl (C=O) groups excluding carboxylic acids is 1. The number of halogens is 1. The SMILES string of the molecule is COc1ccc(Cl)cc1NC(=O)CSc1ncn[nH]1. The number of nitrogens with zero attached hydrogens (tertiary/aromatic N) is 2. The van der Waals surface area contributed by atoms with Gasteiger partial charge in [0.15, 0.2) is 5.16 Å². The number of anilines is 1. The van der Waals surface area contributed by atoms with Crippen LogP contribution in [0.4, 0.5) is 5.69 Å². The van der Waals surface area contributed by atoms with Crippen LogP contribution in [0.15, 0.2) is 29.7 Å². The van der Waals surface area contributed by atoms with Crippen molar-refractivity contribution in [3.05, 3.63) is 29.5 Å². The van der Waals surface area contributed by atoms with Gasteiger partial charge in [0.2, 0.25) is 5.91 Å². The lowest BCUT2D eigenvalue weighted by molar-refractivity contribution is -0.113. The molecule has 0 bridgehead atoms. The lowest BCUT2D eigenvalue weighted by Crippen LogP contribution is -2.14. The third-order valence-electron chi connectivity index (χ3n) is 2.17. The Hall–Kier alpha value is -1.73. The van der Waals surface area contributed by atoms with E-state index in [0.717, 1.165) is 0 Å². The molecule has 100 valence electrons. The van der Waals surface area contributed by atoms with Crippen LogP contribution in [-0.2, 0) is 4.79 Å². The molecule has 2 rings (SSSR count). The molecular formula is C11H11ClN4O2S. The van der Waals surface area contributed by atoms with E-state index < -0.39 is 0 Å². The first-order valence-corrected chi connectivity index (χ1v) is 6.67. The number of methoxy groups -OCH3 is 1. The van der Waals surface area contributed by atoms with Gasteiger partial charge in [0.1, 0.15) is 12.1 Å². The molecule has 0 radical (unpaired) electrons. The van der Waals surface area contributed by atoms with E-state index >= 15 is 0 Å². The zero-order valence-electron chi connectivity index (χ0n) is 10.0. The van der Waals surface area contributed by atoms with E-state index in [4.69, 9.17) is 16.3 Å². The van der Waals surface area contributed by atoms with Gasteiger partial charge < -0.3 is 10.1 Å². The van der Waals surface area contributed by atoms with Crippen LogP contribution in [0.3, 0.4) is 0 Å². The lowest BCUT2D eigenvalue weighted by Gasteiger charge is -2.09. The van der Waals surface area contributed by atoms with Gasteiger partial charge in [0.05, 0.1) is 18.6 Å². The third kappa shape index (κ3) is 3.87. The van der Waals surface area contributed by atoms with Crippen LogP contribution in [0.5, 0.6) is 5.75 Å². The molecule has 1 amide bonds. The first-order valence-electron chi connectivity index (χ1n) is 5.30. The Bertz CT molecular complexity index is 562. The van der Waals surface area contributed by atoms with Crippen LogP contribution in [0, 0.1) is 0 Å². The summed E-state index contributed by atoms with van der Waals surface area (Å²) in [6, 6.07) is 5.03. The van der Waals surface area contributed by atoms with Gasteiger partial charge in [0, 0.05) is 5.02 Å². The Morgan fingerprint density at radius 1 is 1.58 bits per heavy atom. The third-order valence-corrected chi connectivity index (χ3v) is 3.28. The number of benzene rings is 1. The van der Waals surface area contributed by atoms with Crippen molar-refractivity contribution in [2.24, 2.45) is 0 Å². The van der Waals surface area contributed by atoms with Crippen LogP contribution in [0.25, 0.3) is 0 Å². The number of H-pyrrole nitrogens is 1. The summed E-state index contributed by atoms with van der Waals surface area (Å²) < 4.78 is 5.14. The summed E-state index contributed by atoms with van der Waals surface area (Å²) >= 11 is 7.14. The molecule has 6 nitrogen and oxygen atoms in total. The van der Waals surface area contributed by atoms with Crippen LogP contribution in [0.2, 0.25) is 5.02 Å². The molecule has 0 saturated carbocycles. The molecule has 1 aromatic heterocycles. The molecule has 0 atom stereocenters. The fourth-order valence-electron chi connectivity index (χ4n) is 1.36. The molecule has 1 heterocycles. The van der Waals surface area contributed by atoms with Gasteiger partial charge in [-0.25, -0.2) is 4.98 Å². The zero-order valence-corrected chi connectivity index (χ0v) is 11.6. The quantitative estimate of drug-likeness (QED) is 0.827. The maximum absolute atomic E-state index is 11.8. The minimum absolute atomic E-state index is 0.179. The van der Waals surface area contributed by atoms with Crippen LogP contribution < -0.4 is 10.1 Å². The molecule has 0 saturated heterocycles. The highest BCUT2D eigenvalue weighted by Crippen LogP contribution is 2.27. The van der Waals surface area contributed by atoms with E-state index in [1.54, 1.807) is 18.2 Å². The van der Waals surface area contributed by atoms with Gasteiger partial charge in [-0.1, -0.05) is 23.4 Å². The van der Waals surface area contributed by atoms with Crippen LogP contribution >= 0.6 is 23.4 Å². The summed E-state index contributed by atoms with van der Waals surface area (Å²) in [7, 11) is 1.53. The number of nitrogens with one attached hydrogen (secondary N) is 2. The second kappa shape index (κ2) is 6.44. The number of hydrogen-bond acceptors (Lipinski definition) is 5. The Morgan fingerprint density at radius 3 is 3.11 bits per heavy atom. The van der Waals surface area contributed by atoms with Crippen LogP contribution in [-0.4, -0.2) is 34.0 Å². The van der Waals surface area contributed by atoms with E-state index in [2.05, 4.69) is 20.5 Å². The summed E-state index contributed by atoms with van der Waals surface area (Å²) in [6.07, 6.45) is 1.39. The minimum Gasteiger partial charge on any atom is -0.495 e. The smallest absolute Gasteiger partial charge is 0.234 e. The monoisotopic (exact) mass is 298 g/mol. The van der Waals surface area contributed by atoms with Gasteiger partial charge >= 0.3 is 0 Å². The standard InChI is InChI=1S/C11H11ClN4O2S/c1-18-9-3-2-7(12)4-8(9)15-10(17)5-19-11-13-6-14-16-11/h2-4,6H,5H2,1H3,(H,15,17)(H,13,14,16). The van der Waals surface area contributed by atoms with E-state index in [1.165, 1.54) is 25.2 Å². The van der Waals surface area contributed by atoms with Crippen molar-refractivity contribution in [3.63, 3.8) is 0 Å². The van der Waals surface area contributed by atoms with Crippen LogP contribution in [0.1, 0.15) is 0 Å². The topological polar surface area (TPSA) is 79.9 Å². The predicted octanol–water partition coefficient (Wildman–Crippen LogP) is 2.20. The first kappa shape index (κ1) is 13.7. The van der Waals surface area contributed by atoms with Crippen molar-refractivity contribution in [1.29, 1.82) is 0 Å². The van der Waals surface area contributed by atoms with Gasteiger partial charge in [-0.2, -0.15) is 5.10 Å². The van der Waals surface area contributed by atoms with Gasteiger partial charge in [0.25, 0.3) is 0 Å². The molecule has 2 aromatic rings. The number of carbonyl (C=O) groups is 1. The van der Waals surface area contributed by atoms with Crippen molar-refractivity contribution in [2.45, 2.75) is 5.16 Å². The fourth-order valence-corrected chi connectivity index (χ4v) is 2.11. The number of amides is 1. The highest BCUT2D eigenvalue weighted by molar-refractivity contribution is 7.99. The summed E-state index contributed by atoms with van der Waals surface area (Å²) in [5.74, 6) is 0.592. The highest BCUT2D eigenvalue weighted by atomic mass is 35.5. The van der Waals surface area contributed by atoms with Crippen molar-refractivity contribution < 1.29 is 9.53 Å². The molecule has 0 spiro atoms. The van der Waals surface area contributed by atoms with Crippen molar-refractivity contribution in [2.75, 3.05) is 18.2 Å². The first-order chi connectivity index (χ1) is 9.19. The van der Waals surface area contributed by atoms with E-state index in [-0.39, 0.29) is 11.7 Å². The van der Waals surface area contributed by atoms with Gasteiger partial charge in [-0.15, -0.1) is 0 Å². The zero-order chi connectivity index (χ0) is 13.7. The Labute approximate surface area is 118 Å². The molecule has 0 aliphatic carbocycles. The average molecular weight is 299 g/mol. The number of rotatable bonds is 5. The summed E-state index contributed by atoms with van der Waals surface area (Å²) in [4.78, 5) is 15.7. The van der Waals surface area contributed by atoms with E-state index in [9.17, 15) is 4.79 Å². The Balaban J connectivity index is 1.96. The molecule has 0 aliphatic heterocycles. The summed E-state index contributed by atoms with van der Waals surface area (Å²) in [6.45, 7) is 0. The number of hydrogen-bond donors (Lipinski definition) is 2. The highest BCUT2D eigenvalue weighted by Gasteiger charge is 2.09. The minimum atomic E-state index is -0.179. The summed E-state index contributed by atoms with van der Waals surface area (Å²) in [5, 5.41) is 10.2. The second-order valence-corrected chi connectivity index (χ2v) is 4.87. The number of aromatic nitrogens is 3. The predicted molar refractivity (Wildman–Crippen MR) is 73.7 cm³/mol.